The van der Waals surface area contributed by atoms with Gasteiger partial charge >= 0.3 is 0 Å². The van der Waals surface area contributed by atoms with E-state index in [9.17, 15) is 5.11 Å². The minimum Gasteiger partial charge on any atom is -0.472 e. The first-order valence-electron chi connectivity index (χ1n) is 14.0. The van der Waals surface area contributed by atoms with Crippen molar-refractivity contribution in [2.45, 2.75) is 102 Å². The summed E-state index contributed by atoms with van der Waals surface area (Å²) in [6.07, 6.45) is 17.6. The highest BCUT2D eigenvalue weighted by Crippen LogP contribution is 2.70. The number of furan rings is 1. The lowest BCUT2D eigenvalue weighted by atomic mass is 9.43. The summed E-state index contributed by atoms with van der Waals surface area (Å²) >= 11 is 0. The molecular formula is C29H45NO3. The lowest BCUT2D eigenvalue weighted by molar-refractivity contribution is -0.207. The Morgan fingerprint density at radius 2 is 1.88 bits per heavy atom. The van der Waals surface area contributed by atoms with E-state index in [1.54, 1.807) is 6.26 Å². The molecule has 5 aliphatic rings. The van der Waals surface area contributed by atoms with Crippen molar-refractivity contribution < 1.29 is 14.3 Å². The van der Waals surface area contributed by atoms with Crippen molar-refractivity contribution in [3.63, 3.8) is 0 Å². The fourth-order valence-corrected chi connectivity index (χ4v) is 9.70. The molecule has 33 heavy (non-hydrogen) atoms. The summed E-state index contributed by atoms with van der Waals surface area (Å²) in [6, 6.07) is 2.14. The van der Waals surface area contributed by atoms with Gasteiger partial charge in [0.25, 0.3) is 0 Å². The van der Waals surface area contributed by atoms with Gasteiger partial charge in [0.2, 0.25) is 0 Å². The van der Waals surface area contributed by atoms with Crippen LogP contribution < -0.4 is 0 Å². The molecule has 5 fully saturated rings. The zero-order valence-electron chi connectivity index (χ0n) is 20.9. The first kappa shape index (κ1) is 22.6. The second-order valence-electron chi connectivity index (χ2n) is 12.8. The van der Waals surface area contributed by atoms with E-state index in [2.05, 4.69) is 24.8 Å². The highest BCUT2D eigenvalue weighted by atomic mass is 16.5. The Bertz CT molecular complexity index is 819. The molecule has 0 radical (unpaired) electrons. The molecule has 4 saturated carbocycles. The van der Waals surface area contributed by atoms with E-state index in [1.165, 1.54) is 70.0 Å². The van der Waals surface area contributed by atoms with E-state index in [0.717, 1.165) is 38.3 Å². The summed E-state index contributed by atoms with van der Waals surface area (Å²) in [4.78, 5) is 2.57. The standard InChI is InChI=1S/C29H45NO3/c1-27-11-7-23(33-18-16-30-14-3-4-15-30)19-22(27)5-6-26-25(27)8-12-28(2)24(9-13-29(26,28)31)21-10-17-32-20-21/h10,17,20,22-26,31H,3-9,11-16,18-19H2,1-2H3/t22-,23-,24-,25+,26-,27+,28-,29+/m1/s1. The van der Waals surface area contributed by atoms with Gasteiger partial charge in [-0.05, 0) is 124 Å². The molecule has 4 heteroatoms. The van der Waals surface area contributed by atoms with E-state index in [4.69, 9.17) is 9.15 Å². The second kappa shape index (κ2) is 8.38. The molecule has 4 aliphatic carbocycles. The maximum absolute atomic E-state index is 12.4. The van der Waals surface area contributed by atoms with E-state index in [-0.39, 0.29) is 5.41 Å². The van der Waals surface area contributed by atoms with Crippen LogP contribution in [0.3, 0.4) is 0 Å². The molecule has 2 heterocycles. The van der Waals surface area contributed by atoms with Gasteiger partial charge in [-0.25, -0.2) is 0 Å². The van der Waals surface area contributed by atoms with Crippen LogP contribution in [0.5, 0.6) is 0 Å². The number of hydrogen-bond acceptors (Lipinski definition) is 4. The molecule has 4 nitrogen and oxygen atoms in total. The van der Waals surface area contributed by atoms with Crippen molar-refractivity contribution in [1.82, 2.24) is 4.90 Å². The van der Waals surface area contributed by atoms with Crippen LogP contribution in [0.1, 0.15) is 96.0 Å². The summed E-state index contributed by atoms with van der Waals surface area (Å²) < 4.78 is 11.9. The first-order valence-corrected chi connectivity index (χ1v) is 14.0. The van der Waals surface area contributed by atoms with E-state index in [1.807, 2.05) is 6.26 Å². The van der Waals surface area contributed by atoms with Crippen LogP contribution in [-0.2, 0) is 4.74 Å². The SMILES string of the molecule is C[C@]12CC[C@@H](OCCN3CCCC3)C[C@H]1CC[C@@H]1[C@@H]2CC[C@]2(C)[C@@H](c3ccoc3)CC[C@]12O. The number of likely N-dealkylation sites (tertiary alicyclic amines) is 1. The molecular weight excluding hydrogens is 410 g/mol. The van der Waals surface area contributed by atoms with Gasteiger partial charge in [0.15, 0.2) is 0 Å². The highest BCUT2D eigenvalue weighted by molar-refractivity contribution is 5.26. The van der Waals surface area contributed by atoms with Crippen LogP contribution in [0.15, 0.2) is 23.0 Å². The summed E-state index contributed by atoms with van der Waals surface area (Å²) in [5, 5.41) is 12.4. The predicted molar refractivity (Wildman–Crippen MR) is 130 cm³/mol. The lowest BCUT2D eigenvalue weighted by Crippen LogP contribution is -2.62. The Labute approximate surface area is 200 Å². The van der Waals surface area contributed by atoms with Crippen LogP contribution >= 0.6 is 0 Å². The topological polar surface area (TPSA) is 45.8 Å². The maximum atomic E-state index is 12.4. The predicted octanol–water partition coefficient (Wildman–Crippen LogP) is 6.00. The third-order valence-corrected chi connectivity index (χ3v) is 11.7. The Kier molecular flexibility index (Phi) is 5.74. The number of fused-ring (bicyclic) bond motifs is 5. The van der Waals surface area contributed by atoms with E-state index >= 15 is 0 Å². The summed E-state index contributed by atoms with van der Waals surface area (Å²) in [7, 11) is 0. The Morgan fingerprint density at radius 1 is 1.03 bits per heavy atom. The quantitative estimate of drug-likeness (QED) is 0.591. The Balaban J connectivity index is 1.14. The van der Waals surface area contributed by atoms with Crippen molar-refractivity contribution in [2.24, 2.45) is 28.6 Å². The fraction of sp³-hybridized carbons (Fsp3) is 0.862. The minimum absolute atomic E-state index is 0.0167. The summed E-state index contributed by atoms with van der Waals surface area (Å²) in [5.41, 5.74) is 1.15. The largest absolute Gasteiger partial charge is 0.472 e. The highest BCUT2D eigenvalue weighted by Gasteiger charge is 2.67. The molecule has 1 N–H and O–H groups in total. The average molecular weight is 456 g/mol. The van der Waals surface area contributed by atoms with Crippen molar-refractivity contribution in [2.75, 3.05) is 26.2 Å². The number of nitrogens with zero attached hydrogens (tertiary/aromatic N) is 1. The third-order valence-electron chi connectivity index (χ3n) is 11.7. The number of ether oxygens (including phenoxy) is 1. The molecule has 1 aromatic heterocycles. The average Bonchev–Trinajstić information content (AvgIpc) is 3.55. The fourth-order valence-electron chi connectivity index (χ4n) is 9.70. The zero-order valence-corrected chi connectivity index (χ0v) is 20.9. The molecule has 0 bridgehead atoms. The van der Waals surface area contributed by atoms with Gasteiger partial charge in [0.1, 0.15) is 0 Å². The van der Waals surface area contributed by atoms with Crippen molar-refractivity contribution >= 4 is 0 Å². The van der Waals surface area contributed by atoms with Crippen LogP contribution in [0, 0.1) is 28.6 Å². The van der Waals surface area contributed by atoms with Gasteiger partial charge in [-0.1, -0.05) is 13.8 Å². The molecule has 8 atom stereocenters. The molecule has 0 unspecified atom stereocenters. The molecule has 184 valence electrons. The monoisotopic (exact) mass is 455 g/mol. The lowest BCUT2D eigenvalue weighted by Gasteiger charge is -2.63. The number of aliphatic hydroxyl groups is 1. The van der Waals surface area contributed by atoms with Crippen LogP contribution in [0.4, 0.5) is 0 Å². The second-order valence-corrected chi connectivity index (χ2v) is 12.8. The normalized spacial score (nSPS) is 47.8. The molecule has 1 aliphatic heterocycles. The smallest absolute Gasteiger partial charge is 0.0937 e. The molecule has 0 amide bonds. The van der Waals surface area contributed by atoms with Crippen molar-refractivity contribution in [3.8, 4) is 0 Å². The van der Waals surface area contributed by atoms with Gasteiger partial charge in [0.05, 0.1) is 30.8 Å². The van der Waals surface area contributed by atoms with Crippen molar-refractivity contribution in [1.29, 1.82) is 0 Å². The van der Waals surface area contributed by atoms with Gasteiger partial charge in [0, 0.05) is 12.0 Å². The molecule has 0 spiro atoms. The summed E-state index contributed by atoms with van der Waals surface area (Å²) in [5.74, 6) is 2.33. The molecule has 1 aromatic rings. The van der Waals surface area contributed by atoms with Crippen LogP contribution in [0.2, 0.25) is 0 Å². The van der Waals surface area contributed by atoms with Gasteiger partial charge in [-0.2, -0.15) is 0 Å². The Hall–Kier alpha value is -0.840. The number of rotatable bonds is 5. The van der Waals surface area contributed by atoms with E-state index < -0.39 is 5.60 Å². The van der Waals surface area contributed by atoms with Gasteiger partial charge in [-0.15, -0.1) is 0 Å². The first-order chi connectivity index (χ1) is 15.9. The van der Waals surface area contributed by atoms with Gasteiger partial charge in [-0.3, -0.25) is 0 Å². The molecule has 6 rings (SSSR count). The van der Waals surface area contributed by atoms with Gasteiger partial charge < -0.3 is 19.2 Å². The zero-order chi connectivity index (χ0) is 22.7. The molecule has 0 aromatic carbocycles. The van der Waals surface area contributed by atoms with Crippen molar-refractivity contribution in [3.05, 3.63) is 24.2 Å². The molecule has 1 saturated heterocycles. The maximum Gasteiger partial charge on any atom is 0.0937 e. The Morgan fingerprint density at radius 3 is 2.67 bits per heavy atom. The number of hydrogen-bond donors (Lipinski definition) is 1. The summed E-state index contributed by atoms with van der Waals surface area (Å²) in [6.45, 7) is 9.54. The van der Waals surface area contributed by atoms with Crippen LogP contribution in [-0.4, -0.2) is 48.0 Å². The third kappa shape index (κ3) is 3.49. The van der Waals surface area contributed by atoms with Crippen LogP contribution in [0.25, 0.3) is 0 Å². The minimum atomic E-state index is -0.519. The van der Waals surface area contributed by atoms with E-state index in [0.29, 0.717) is 29.3 Å².